The lowest BCUT2D eigenvalue weighted by atomic mass is 9.82. The van der Waals surface area contributed by atoms with Crippen LogP contribution in [0.4, 0.5) is 0 Å². The number of hydrogen-bond acceptors (Lipinski definition) is 3. The Morgan fingerprint density at radius 2 is 1.04 bits per heavy atom. The van der Waals surface area contributed by atoms with E-state index in [2.05, 4.69) is 153 Å². The molecule has 2 nitrogen and oxygen atoms in total. The number of benzene rings is 6. The zero-order valence-electron chi connectivity index (χ0n) is 25.7. The van der Waals surface area contributed by atoms with Crippen LogP contribution in [0.25, 0.3) is 76.3 Å². The van der Waals surface area contributed by atoms with Crippen LogP contribution in [0, 0.1) is 0 Å². The van der Waals surface area contributed by atoms with Crippen molar-refractivity contribution < 1.29 is 0 Å². The Morgan fingerprint density at radius 3 is 1.78 bits per heavy atom. The van der Waals surface area contributed by atoms with Crippen LogP contribution in [0.3, 0.4) is 0 Å². The lowest BCUT2D eigenvalue weighted by Gasteiger charge is -2.21. The lowest BCUT2D eigenvalue weighted by Crippen LogP contribution is -2.14. The second kappa shape index (κ2) is 10.3. The van der Waals surface area contributed by atoms with Gasteiger partial charge in [-0.25, -0.2) is 9.97 Å². The summed E-state index contributed by atoms with van der Waals surface area (Å²) in [6.07, 6.45) is 0. The standard InChI is InChI=1S/C43H30N2S/c1-43(2)35-23-21-31(25-34(35)40-36(43)24-22-33-32-15-9-10-16-39(32)46-41(33)40)42-44-37(29-13-7-4-8-14-29)26-38(45-42)30-19-17-28(18-20-30)27-11-5-3-6-12-27/h3-26H,1-2H3. The quantitative estimate of drug-likeness (QED) is 0.199. The highest BCUT2D eigenvalue weighted by Crippen LogP contribution is 2.54. The normalized spacial score (nSPS) is 13.2. The van der Waals surface area contributed by atoms with Crippen LogP contribution in [-0.4, -0.2) is 9.97 Å². The topological polar surface area (TPSA) is 25.8 Å². The van der Waals surface area contributed by atoms with Gasteiger partial charge in [0.1, 0.15) is 0 Å². The molecule has 0 atom stereocenters. The van der Waals surface area contributed by atoms with Gasteiger partial charge in [0, 0.05) is 47.8 Å². The van der Waals surface area contributed by atoms with E-state index in [1.807, 2.05) is 17.4 Å². The van der Waals surface area contributed by atoms with Crippen LogP contribution >= 0.6 is 11.3 Å². The predicted octanol–water partition coefficient (Wildman–Crippen LogP) is 11.8. The first-order chi connectivity index (χ1) is 22.5. The molecule has 0 bridgehead atoms. The molecule has 8 aromatic rings. The average molecular weight is 607 g/mol. The SMILES string of the molecule is CC1(C)c2ccc(-c3nc(-c4ccccc4)cc(-c4ccc(-c5ccccc5)cc4)n3)cc2-c2c1ccc1c2sc2ccccc21. The van der Waals surface area contributed by atoms with Gasteiger partial charge in [0.25, 0.3) is 0 Å². The fraction of sp³-hybridized carbons (Fsp3) is 0.0698. The Hall–Kier alpha value is -5.38. The highest BCUT2D eigenvalue weighted by molar-refractivity contribution is 7.26. The van der Waals surface area contributed by atoms with Crippen molar-refractivity contribution in [3.8, 4) is 56.2 Å². The summed E-state index contributed by atoms with van der Waals surface area (Å²) in [7, 11) is 0. The van der Waals surface area contributed by atoms with E-state index in [0.717, 1.165) is 33.9 Å². The molecule has 1 aliphatic carbocycles. The molecule has 0 aliphatic heterocycles. The Morgan fingerprint density at radius 1 is 0.478 bits per heavy atom. The number of aromatic nitrogens is 2. The molecule has 0 spiro atoms. The van der Waals surface area contributed by atoms with Gasteiger partial charge >= 0.3 is 0 Å². The molecule has 0 N–H and O–H groups in total. The van der Waals surface area contributed by atoms with Crippen molar-refractivity contribution in [3.63, 3.8) is 0 Å². The molecule has 3 heteroatoms. The first kappa shape index (κ1) is 27.0. The van der Waals surface area contributed by atoms with E-state index in [-0.39, 0.29) is 5.41 Å². The minimum absolute atomic E-state index is 0.0913. The van der Waals surface area contributed by atoms with Gasteiger partial charge in [-0.05, 0) is 46.0 Å². The van der Waals surface area contributed by atoms with Gasteiger partial charge in [0.05, 0.1) is 11.4 Å². The zero-order valence-corrected chi connectivity index (χ0v) is 26.5. The summed E-state index contributed by atoms with van der Waals surface area (Å²) in [4.78, 5) is 10.4. The van der Waals surface area contributed by atoms with Gasteiger partial charge in [0.15, 0.2) is 5.82 Å². The summed E-state index contributed by atoms with van der Waals surface area (Å²) in [6.45, 7) is 4.69. The summed E-state index contributed by atoms with van der Waals surface area (Å²) in [6, 6.07) is 52.0. The molecule has 6 aromatic carbocycles. The third kappa shape index (κ3) is 4.23. The molecule has 9 rings (SSSR count). The Balaban J connectivity index is 1.22. The highest BCUT2D eigenvalue weighted by Gasteiger charge is 2.37. The molecule has 0 radical (unpaired) electrons. The number of fused-ring (bicyclic) bond motifs is 7. The Bertz CT molecular complexity index is 2420. The smallest absolute Gasteiger partial charge is 0.160 e. The zero-order chi connectivity index (χ0) is 30.8. The Labute approximate surface area is 272 Å². The molecule has 0 unspecified atom stereocenters. The minimum atomic E-state index is -0.0913. The van der Waals surface area contributed by atoms with Crippen molar-refractivity contribution in [2.24, 2.45) is 0 Å². The molecule has 2 aromatic heterocycles. The van der Waals surface area contributed by atoms with Crippen molar-refractivity contribution in [1.82, 2.24) is 9.97 Å². The van der Waals surface area contributed by atoms with E-state index in [0.29, 0.717) is 0 Å². The highest BCUT2D eigenvalue weighted by atomic mass is 32.1. The molecule has 218 valence electrons. The number of thiophene rings is 1. The number of rotatable bonds is 4. The fourth-order valence-electron chi connectivity index (χ4n) is 7.10. The third-order valence-corrected chi connectivity index (χ3v) is 10.7. The summed E-state index contributed by atoms with van der Waals surface area (Å²) in [5.41, 5.74) is 12.7. The van der Waals surface area contributed by atoms with Crippen molar-refractivity contribution in [3.05, 3.63) is 157 Å². The molecule has 1 aliphatic rings. The first-order valence-corrected chi connectivity index (χ1v) is 16.6. The van der Waals surface area contributed by atoms with Crippen LogP contribution in [0.2, 0.25) is 0 Å². The van der Waals surface area contributed by atoms with Gasteiger partial charge < -0.3 is 0 Å². The Kier molecular flexibility index (Phi) is 6.06. The van der Waals surface area contributed by atoms with Crippen LogP contribution < -0.4 is 0 Å². The summed E-state index contributed by atoms with van der Waals surface area (Å²) in [5.74, 6) is 0.737. The maximum Gasteiger partial charge on any atom is 0.160 e. The molecule has 46 heavy (non-hydrogen) atoms. The molecule has 0 fully saturated rings. The van der Waals surface area contributed by atoms with E-state index in [9.17, 15) is 0 Å². The molecule has 0 amide bonds. The van der Waals surface area contributed by atoms with Crippen molar-refractivity contribution in [2.75, 3.05) is 0 Å². The minimum Gasteiger partial charge on any atom is -0.228 e. The molecule has 0 saturated heterocycles. The number of nitrogens with zero attached hydrogens (tertiary/aromatic N) is 2. The molecule has 2 heterocycles. The fourth-order valence-corrected chi connectivity index (χ4v) is 8.37. The molecular weight excluding hydrogens is 577 g/mol. The lowest BCUT2D eigenvalue weighted by molar-refractivity contribution is 0.661. The first-order valence-electron chi connectivity index (χ1n) is 15.7. The van der Waals surface area contributed by atoms with E-state index in [1.54, 1.807) is 0 Å². The van der Waals surface area contributed by atoms with Crippen LogP contribution in [0.1, 0.15) is 25.0 Å². The summed E-state index contributed by atoms with van der Waals surface area (Å²) in [5, 5.41) is 2.66. The van der Waals surface area contributed by atoms with Crippen LogP contribution in [0.5, 0.6) is 0 Å². The second-order valence-electron chi connectivity index (χ2n) is 12.6. The average Bonchev–Trinajstić information content (AvgIpc) is 3.61. The largest absolute Gasteiger partial charge is 0.228 e. The van der Waals surface area contributed by atoms with Crippen LogP contribution in [-0.2, 0) is 5.41 Å². The summed E-state index contributed by atoms with van der Waals surface area (Å²) < 4.78 is 2.69. The monoisotopic (exact) mass is 606 g/mol. The van der Waals surface area contributed by atoms with Crippen LogP contribution in [0.15, 0.2) is 146 Å². The van der Waals surface area contributed by atoms with E-state index in [4.69, 9.17) is 9.97 Å². The second-order valence-corrected chi connectivity index (χ2v) is 13.7. The predicted molar refractivity (Wildman–Crippen MR) is 194 cm³/mol. The van der Waals surface area contributed by atoms with Gasteiger partial charge in [-0.1, -0.05) is 141 Å². The van der Waals surface area contributed by atoms with E-state index >= 15 is 0 Å². The van der Waals surface area contributed by atoms with Gasteiger partial charge in [-0.15, -0.1) is 11.3 Å². The van der Waals surface area contributed by atoms with Crippen molar-refractivity contribution in [1.29, 1.82) is 0 Å². The number of hydrogen-bond donors (Lipinski definition) is 0. The van der Waals surface area contributed by atoms with Gasteiger partial charge in [-0.2, -0.15) is 0 Å². The van der Waals surface area contributed by atoms with Crippen molar-refractivity contribution in [2.45, 2.75) is 19.3 Å². The van der Waals surface area contributed by atoms with E-state index < -0.39 is 0 Å². The molecule has 0 saturated carbocycles. The molecular formula is C43H30N2S. The maximum absolute atomic E-state index is 5.21. The summed E-state index contributed by atoms with van der Waals surface area (Å²) >= 11 is 1.90. The van der Waals surface area contributed by atoms with E-state index in [1.165, 1.54) is 53.6 Å². The third-order valence-electron chi connectivity index (χ3n) is 9.52. The van der Waals surface area contributed by atoms with Crippen molar-refractivity contribution >= 4 is 31.5 Å². The van der Waals surface area contributed by atoms with Gasteiger partial charge in [-0.3, -0.25) is 0 Å². The van der Waals surface area contributed by atoms with Gasteiger partial charge in [0.2, 0.25) is 0 Å². The maximum atomic E-state index is 5.21.